The molecule has 0 aliphatic rings. The Kier molecular flexibility index (Phi) is 6.12. The fourth-order valence-corrected chi connectivity index (χ4v) is 4.23. The van der Waals surface area contributed by atoms with Crippen LogP contribution in [0.25, 0.3) is 0 Å². The van der Waals surface area contributed by atoms with Gasteiger partial charge in [0.05, 0.1) is 23.4 Å². The molecule has 0 atom stereocenters. The number of carbonyl (C=O) groups excluding carboxylic acids is 1. The predicted molar refractivity (Wildman–Crippen MR) is 116 cm³/mol. The highest BCUT2D eigenvalue weighted by atomic mass is 32.2. The number of hydrogen-bond donors (Lipinski definition) is 1. The molecule has 1 amide bonds. The Morgan fingerprint density at radius 3 is 2.50 bits per heavy atom. The average molecular weight is 429 g/mol. The molecule has 3 aromatic rings. The molecule has 2 aromatic carbocycles. The number of sulfonamides is 1. The van der Waals surface area contributed by atoms with E-state index in [1.54, 1.807) is 43.4 Å². The lowest BCUT2D eigenvalue weighted by Gasteiger charge is -2.21. The van der Waals surface area contributed by atoms with E-state index < -0.39 is 15.9 Å². The number of nitrogens with one attached hydrogen (secondary N) is 1. The van der Waals surface area contributed by atoms with Crippen molar-refractivity contribution in [2.45, 2.75) is 18.7 Å². The molecule has 1 heterocycles. The first-order valence-electron chi connectivity index (χ1n) is 9.36. The number of ether oxygens (including phenoxy) is 1. The molecule has 0 spiro atoms. The van der Waals surface area contributed by atoms with E-state index in [1.165, 1.54) is 30.1 Å². The number of nitrogens with zero attached hydrogens (tertiary/aromatic N) is 3. The summed E-state index contributed by atoms with van der Waals surface area (Å²) >= 11 is 0. The zero-order valence-corrected chi connectivity index (χ0v) is 18.1. The van der Waals surface area contributed by atoms with Gasteiger partial charge in [0.2, 0.25) is 0 Å². The summed E-state index contributed by atoms with van der Waals surface area (Å²) in [4.78, 5) is 13.1. The Bertz CT molecular complexity index is 1150. The number of para-hydroxylation sites is 2. The average Bonchev–Trinajstić information content (AvgIpc) is 3.10. The highest BCUT2D eigenvalue weighted by molar-refractivity contribution is 7.92. The summed E-state index contributed by atoms with van der Waals surface area (Å²) in [6.45, 7) is 4.18. The van der Waals surface area contributed by atoms with Crippen molar-refractivity contribution in [3.8, 4) is 5.75 Å². The molecule has 0 saturated heterocycles. The number of aromatic nitrogens is 2. The summed E-state index contributed by atoms with van der Waals surface area (Å²) in [7, 11) is -0.894. The van der Waals surface area contributed by atoms with Crippen molar-refractivity contribution in [3.63, 3.8) is 0 Å². The SMILES string of the molecule is CCOc1ccccc1NC(=O)c1cnn(C)c1N(C)S(=O)(=O)c1ccc(C)cc1. The monoisotopic (exact) mass is 428 g/mol. The zero-order valence-electron chi connectivity index (χ0n) is 17.3. The summed E-state index contributed by atoms with van der Waals surface area (Å²) in [6.07, 6.45) is 1.34. The molecule has 0 aliphatic heterocycles. The van der Waals surface area contributed by atoms with Gasteiger partial charge in [-0.25, -0.2) is 8.42 Å². The lowest BCUT2D eigenvalue weighted by molar-refractivity contribution is 0.102. The van der Waals surface area contributed by atoms with Crippen LogP contribution >= 0.6 is 0 Å². The maximum atomic E-state index is 13.1. The molecule has 0 radical (unpaired) electrons. The number of anilines is 2. The van der Waals surface area contributed by atoms with Crippen molar-refractivity contribution in [1.29, 1.82) is 0 Å². The highest BCUT2D eigenvalue weighted by Gasteiger charge is 2.28. The second kappa shape index (κ2) is 8.58. The predicted octanol–water partition coefficient (Wildman–Crippen LogP) is 3.20. The zero-order chi connectivity index (χ0) is 21.9. The Balaban J connectivity index is 1.95. The molecule has 158 valence electrons. The van der Waals surface area contributed by atoms with Gasteiger partial charge in [0.1, 0.15) is 11.3 Å². The van der Waals surface area contributed by atoms with Gasteiger partial charge in [-0.05, 0) is 38.1 Å². The molecule has 0 saturated carbocycles. The number of amides is 1. The standard InChI is InChI=1S/C21H24N4O4S/c1-5-29-19-9-7-6-8-18(19)23-20(26)17-14-22-24(3)21(17)25(4)30(27,28)16-12-10-15(2)11-13-16/h6-14H,5H2,1-4H3,(H,23,26). The molecule has 0 bridgehead atoms. The van der Waals surface area contributed by atoms with Gasteiger partial charge < -0.3 is 10.1 Å². The maximum Gasteiger partial charge on any atom is 0.265 e. The van der Waals surface area contributed by atoms with Gasteiger partial charge in [0.15, 0.2) is 5.82 Å². The normalized spacial score (nSPS) is 11.2. The van der Waals surface area contributed by atoms with Gasteiger partial charge >= 0.3 is 0 Å². The minimum Gasteiger partial charge on any atom is -0.492 e. The van der Waals surface area contributed by atoms with E-state index >= 15 is 0 Å². The number of rotatable bonds is 7. The van der Waals surface area contributed by atoms with E-state index in [0.717, 1.165) is 9.87 Å². The lowest BCUT2D eigenvalue weighted by Crippen LogP contribution is -2.30. The van der Waals surface area contributed by atoms with Crippen LogP contribution in [0.2, 0.25) is 0 Å². The Labute approximate surface area is 176 Å². The van der Waals surface area contributed by atoms with Gasteiger partial charge in [-0.3, -0.25) is 13.8 Å². The molecular weight excluding hydrogens is 404 g/mol. The first-order chi connectivity index (χ1) is 14.3. The molecule has 3 rings (SSSR count). The molecule has 1 N–H and O–H groups in total. The van der Waals surface area contributed by atoms with E-state index in [1.807, 2.05) is 13.8 Å². The second-order valence-electron chi connectivity index (χ2n) is 6.67. The van der Waals surface area contributed by atoms with Gasteiger partial charge in [-0.15, -0.1) is 0 Å². The third-order valence-corrected chi connectivity index (χ3v) is 6.33. The minimum atomic E-state index is -3.88. The molecule has 1 aromatic heterocycles. The van der Waals surface area contributed by atoms with Crippen LogP contribution in [0.15, 0.2) is 59.6 Å². The van der Waals surface area contributed by atoms with Crippen LogP contribution in [0.3, 0.4) is 0 Å². The van der Waals surface area contributed by atoms with Crippen LogP contribution in [0.4, 0.5) is 11.5 Å². The van der Waals surface area contributed by atoms with Gasteiger partial charge in [-0.2, -0.15) is 5.10 Å². The summed E-state index contributed by atoms with van der Waals surface area (Å²) in [6, 6.07) is 13.6. The van der Waals surface area contributed by atoms with Crippen LogP contribution in [-0.4, -0.2) is 37.8 Å². The molecule has 8 nitrogen and oxygen atoms in total. The van der Waals surface area contributed by atoms with E-state index in [4.69, 9.17) is 4.74 Å². The largest absolute Gasteiger partial charge is 0.492 e. The van der Waals surface area contributed by atoms with Crippen molar-refractivity contribution in [3.05, 3.63) is 65.9 Å². The topological polar surface area (TPSA) is 93.5 Å². The molecule has 9 heteroatoms. The van der Waals surface area contributed by atoms with Crippen LogP contribution in [0.1, 0.15) is 22.8 Å². The van der Waals surface area contributed by atoms with Gasteiger partial charge in [0.25, 0.3) is 15.9 Å². The van der Waals surface area contributed by atoms with Crippen molar-refractivity contribution in [2.75, 3.05) is 23.3 Å². The second-order valence-corrected chi connectivity index (χ2v) is 8.64. The van der Waals surface area contributed by atoms with Crippen LogP contribution in [0, 0.1) is 6.92 Å². The van der Waals surface area contributed by atoms with Crippen LogP contribution < -0.4 is 14.4 Å². The molecule has 0 fully saturated rings. The van der Waals surface area contributed by atoms with Gasteiger partial charge in [-0.1, -0.05) is 29.8 Å². The summed E-state index contributed by atoms with van der Waals surface area (Å²) in [5.74, 6) is 0.192. The van der Waals surface area contributed by atoms with Crippen molar-refractivity contribution in [1.82, 2.24) is 9.78 Å². The smallest absolute Gasteiger partial charge is 0.265 e. The maximum absolute atomic E-state index is 13.1. The summed E-state index contributed by atoms with van der Waals surface area (Å²) in [5, 5.41) is 6.88. The van der Waals surface area contributed by atoms with E-state index in [-0.39, 0.29) is 16.3 Å². The Hall–Kier alpha value is -3.33. The number of aryl methyl sites for hydroxylation is 2. The third kappa shape index (κ3) is 4.16. The quantitative estimate of drug-likeness (QED) is 0.624. The highest BCUT2D eigenvalue weighted by Crippen LogP contribution is 2.28. The molecule has 0 aliphatic carbocycles. The van der Waals surface area contributed by atoms with Gasteiger partial charge in [0, 0.05) is 14.1 Å². The third-order valence-electron chi connectivity index (χ3n) is 4.56. The molecule has 0 unspecified atom stereocenters. The minimum absolute atomic E-state index is 0.127. The van der Waals surface area contributed by atoms with Crippen molar-refractivity contribution >= 4 is 27.4 Å². The first-order valence-corrected chi connectivity index (χ1v) is 10.8. The fourth-order valence-electron chi connectivity index (χ4n) is 2.99. The summed E-state index contributed by atoms with van der Waals surface area (Å²) < 4.78 is 34.2. The fraction of sp³-hybridized carbons (Fsp3) is 0.238. The van der Waals surface area contributed by atoms with Crippen molar-refractivity contribution < 1.29 is 17.9 Å². The number of hydrogen-bond acceptors (Lipinski definition) is 5. The molecular formula is C21H24N4O4S. The Morgan fingerprint density at radius 1 is 1.17 bits per heavy atom. The summed E-state index contributed by atoms with van der Waals surface area (Å²) in [5.41, 5.74) is 1.57. The lowest BCUT2D eigenvalue weighted by atomic mass is 10.2. The Morgan fingerprint density at radius 2 is 1.83 bits per heavy atom. The number of carbonyl (C=O) groups is 1. The first kappa shape index (κ1) is 21.4. The van der Waals surface area contributed by atoms with E-state index in [2.05, 4.69) is 10.4 Å². The number of benzene rings is 2. The molecule has 30 heavy (non-hydrogen) atoms. The van der Waals surface area contributed by atoms with E-state index in [9.17, 15) is 13.2 Å². The van der Waals surface area contributed by atoms with E-state index in [0.29, 0.717) is 18.0 Å². The van der Waals surface area contributed by atoms with Crippen molar-refractivity contribution in [2.24, 2.45) is 7.05 Å². The van der Waals surface area contributed by atoms with Crippen LogP contribution in [-0.2, 0) is 17.1 Å². The van der Waals surface area contributed by atoms with Crippen LogP contribution in [0.5, 0.6) is 5.75 Å².